The summed E-state index contributed by atoms with van der Waals surface area (Å²) in [5.74, 6) is -0.122. The molecule has 0 aliphatic heterocycles. The number of hydrogen-bond acceptors (Lipinski definition) is 3. The van der Waals surface area contributed by atoms with Crippen LogP contribution in [0.5, 0.6) is 0 Å². The van der Waals surface area contributed by atoms with E-state index in [1.165, 1.54) is 0 Å². The van der Waals surface area contributed by atoms with Crippen LogP contribution in [0, 0.1) is 0 Å². The lowest BCUT2D eigenvalue weighted by atomic mass is 10.2. The summed E-state index contributed by atoms with van der Waals surface area (Å²) in [5, 5.41) is 9.13. The molecule has 0 fully saturated rings. The van der Waals surface area contributed by atoms with Crippen LogP contribution in [0.2, 0.25) is 0 Å². The van der Waals surface area contributed by atoms with E-state index in [1.54, 1.807) is 12.4 Å². The molecule has 0 saturated heterocycles. The molecule has 0 radical (unpaired) electrons. The van der Waals surface area contributed by atoms with Gasteiger partial charge in [-0.15, -0.1) is 0 Å². The summed E-state index contributed by atoms with van der Waals surface area (Å²) in [5.41, 5.74) is 6.46. The zero-order valence-corrected chi connectivity index (χ0v) is 7.58. The summed E-state index contributed by atoms with van der Waals surface area (Å²) in [6.07, 6.45) is 4.05. The van der Waals surface area contributed by atoms with Crippen LogP contribution in [0.25, 0.3) is 0 Å². The number of amides is 1. The fourth-order valence-electron chi connectivity index (χ4n) is 0.880. The topological polar surface area (TPSA) is 83.8 Å². The van der Waals surface area contributed by atoms with E-state index in [-0.39, 0.29) is 5.91 Å². The Kier molecular flexibility index (Phi) is 3.45. The molecule has 72 valence electrons. The molecular formula is C8H14N4O. The fraction of sp³-hybridized carbons (Fsp3) is 0.500. The second-order valence-corrected chi connectivity index (χ2v) is 2.84. The summed E-state index contributed by atoms with van der Waals surface area (Å²) < 4.78 is 0. The summed E-state index contributed by atoms with van der Waals surface area (Å²) in [7, 11) is 0. The predicted octanol–water partition coefficient (Wildman–Crippen LogP) is -0.237. The van der Waals surface area contributed by atoms with Crippen molar-refractivity contribution in [1.29, 1.82) is 0 Å². The maximum Gasteiger partial charge on any atom is 0.237 e. The van der Waals surface area contributed by atoms with Gasteiger partial charge in [-0.25, -0.2) is 0 Å². The number of nitrogens with two attached hydrogens (primary N) is 1. The number of rotatable bonds is 4. The number of carbonyl (C=O) groups excluding carboxylic acids is 1. The highest BCUT2D eigenvalue weighted by atomic mass is 16.2. The maximum atomic E-state index is 11.2. The molecule has 1 atom stereocenters. The Morgan fingerprint density at radius 1 is 1.85 bits per heavy atom. The normalized spacial score (nSPS) is 12.5. The molecule has 0 spiro atoms. The molecule has 1 aromatic rings. The number of hydrogen-bond donors (Lipinski definition) is 3. The SMILES string of the molecule is CC[C@@H](N)C(=O)NCc1cn[nH]c1. The minimum atomic E-state index is -0.410. The van der Waals surface area contributed by atoms with Gasteiger partial charge in [0.2, 0.25) is 5.91 Å². The van der Waals surface area contributed by atoms with Crippen molar-refractivity contribution in [1.82, 2.24) is 15.5 Å². The molecule has 4 N–H and O–H groups in total. The van der Waals surface area contributed by atoms with Gasteiger partial charge in [-0.05, 0) is 6.42 Å². The van der Waals surface area contributed by atoms with Gasteiger partial charge in [0.15, 0.2) is 0 Å². The molecule has 1 rings (SSSR count). The third kappa shape index (κ3) is 2.87. The van der Waals surface area contributed by atoms with Gasteiger partial charge in [0.1, 0.15) is 0 Å². The van der Waals surface area contributed by atoms with Gasteiger partial charge in [-0.3, -0.25) is 9.89 Å². The Morgan fingerprint density at radius 3 is 3.15 bits per heavy atom. The average Bonchev–Trinajstić information content (AvgIpc) is 2.65. The molecule has 0 saturated carbocycles. The van der Waals surface area contributed by atoms with Gasteiger partial charge in [0.25, 0.3) is 0 Å². The van der Waals surface area contributed by atoms with Crippen molar-refractivity contribution < 1.29 is 4.79 Å². The van der Waals surface area contributed by atoms with Crippen LogP contribution >= 0.6 is 0 Å². The second kappa shape index (κ2) is 4.61. The van der Waals surface area contributed by atoms with Crippen LogP contribution in [0.1, 0.15) is 18.9 Å². The van der Waals surface area contributed by atoms with E-state index in [9.17, 15) is 4.79 Å². The molecule has 0 aliphatic carbocycles. The molecule has 0 bridgehead atoms. The Bertz CT molecular complexity index is 257. The first-order chi connectivity index (χ1) is 6.24. The van der Waals surface area contributed by atoms with E-state index in [0.29, 0.717) is 13.0 Å². The summed E-state index contributed by atoms with van der Waals surface area (Å²) in [6, 6.07) is -0.410. The van der Waals surface area contributed by atoms with Crippen LogP contribution in [-0.2, 0) is 11.3 Å². The van der Waals surface area contributed by atoms with Gasteiger partial charge < -0.3 is 11.1 Å². The second-order valence-electron chi connectivity index (χ2n) is 2.84. The molecule has 5 heteroatoms. The zero-order chi connectivity index (χ0) is 9.68. The lowest BCUT2D eigenvalue weighted by molar-refractivity contribution is -0.122. The first-order valence-corrected chi connectivity index (χ1v) is 4.25. The predicted molar refractivity (Wildman–Crippen MR) is 48.7 cm³/mol. The van der Waals surface area contributed by atoms with Gasteiger partial charge in [0, 0.05) is 18.3 Å². The molecule has 5 nitrogen and oxygen atoms in total. The molecule has 0 aromatic carbocycles. The van der Waals surface area contributed by atoms with Crippen molar-refractivity contribution in [2.45, 2.75) is 25.9 Å². The molecule has 0 aliphatic rings. The highest BCUT2D eigenvalue weighted by molar-refractivity contribution is 5.81. The first kappa shape index (κ1) is 9.73. The molecular weight excluding hydrogens is 168 g/mol. The highest BCUT2D eigenvalue weighted by Crippen LogP contribution is 1.93. The third-order valence-electron chi connectivity index (χ3n) is 1.80. The highest BCUT2D eigenvalue weighted by Gasteiger charge is 2.09. The molecule has 1 aromatic heterocycles. The van der Waals surface area contributed by atoms with Crippen LogP contribution in [0.4, 0.5) is 0 Å². The van der Waals surface area contributed by atoms with Gasteiger partial charge >= 0.3 is 0 Å². The van der Waals surface area contributed by atoms with E-state index in [1.807, 2.05) is 6.92 Å². The van der Waals surface area contributed by atoms with Crippen LogP contribution in [-0.4, -0.2) is 22.1 Å². The van der Waals surface area contributed by atoms with Gasteiger partial charge in [-0.2, -0.15) is 5.10 Å². The summed E-state index contributed by atoms with van der Waals surface area (Å²) >= 11 is 0. The number of nitrogens with one attached hydrogen (secondary N) is 2. The lowest BCUT2D eigenvalue weighted by Gasteiger charge is -2.08. The summed E-state index contributed by atoms with van der Waals surface area (Å²) in [6.45, 7) is 2.35. The van der Waals surface area contributed by atoms with E-state index in [4.69, 9.17) is 5.73 Å². The molecule has 1 amide bonds. The average molecular weight is 182 g/mol. The Morgan fingerprint density at radius 2 is 2.62 bits per heavy atom. The standard InChI is InChI=1S/C8H14N4O/c1-2-7(9)8(13)10-3-6-4-11-12-5-6/h4-5,7H,2-3,9H2,1H3,(H,10,13)(H,11,12)/t7-/m1/s1. The van der Waals surface area contributed by atoms with Crippen LogP contribution < -0.4 is 11.1 Å². The van der Waals surface area contributed by atoms with Crippen molar-refractivity contribution >= 4 is 5.91 Å². The monoisotopic (exact) mass is 182 g/mol. The van der Waals surface area contributed by atoms with E-state index >= 15 is 0 Å². The zero-order valence-electron chi connectivity index (χ0n) is 7.58. The minimum Gasteiger partial charge on any atom is -0.351 e. The van der Waals surface area contributed by atoms with Crippen molar-refractivity contribution in [2.75, 3.05) is 0 Å². The fourth-order valence-corrected chi connectivity index (χ4v) is 0.880. The van der Waals surface area contributed by atoms with Crippen molar-refractivity contribution in [2.24, 2.45) is 5.73 Å². The lowest BCUT2D eigenvalue weighted by Crippen LogP contribution is -2.39. The Balaban J connectivity index is 2.31. The van der Waals surface area contributed by atoms with E-state index in [2.05, 4.69) is 15.5 Å². The van der Waals surface area contributed by atoms with Gasteiger partial charge in [-0.1, -0.05) is 6.92 Å². The number of aromatic amines is 1. The summed E-state index contributed by atoms with van der Waals surface area (Å²) in [4.78, 5) is 11.2. The molecule has 13 heavy (non-hydrogen) atoms. The number of nitrogens with zero attached hydrogens (tertiary/aromatic N) is 1. The Labute approximate surface area is 76.7 Å². The minimum absolute atomic E-state index is 0.122. The number of H-pyrrole nitrogens is 1. The molecule has 1 heterocycles. The largest absolute Gasteiger partial charge is 0.351 e. The molecule has 0 unspecified atom stereocenters. The van der Waals surface area contributed by atoms with E-state index < -0.39 is 6.04 Å². The van der Waals surface area contributed by atoms with Crippen molar-refractivity contribution in [3.8, 4) is 0 Å². The van der Waals surface area contributed by atoms with Crippen LogP contribution in [0.15, 0.2) is 12.4 Å². The van der Waals surface area contributed by atoms with Gasteiger partial charge in [0.05, 0.1) is 12.2 Å². The van der Waals surface area contributed by atoms with Crippen molar-refractivity contribution in [3.05, 3.63) is 18.0 Å². The van der Waals surface area contributed by atoms with Crippen molar-refractivity contribution in [3.63, 3.8) is 0 Å². The maximum absolute atomic E-state index is 11.2. The quantitative estimate of drug-likeness (QED) is 0.601. The van der Waals surface area contributed by atoms with Crippen LogP contribution in [0.3, 0.4) is 0 Å². The third-order valence-corrected chi connectivity index (χ3v) is 1.80. The van der Waals surface area contributed by atoms with E-state index in [0.717, 1.165) is 5.56 Å². The first-order valence-electron chi connectivity index (χ1n) is 4.25. The number of carbonyl (C=O) groups is 1. The number of aromatic nitrogens is 2. The smallest absolute Gasteiger partial charge is 0.237 e. The Hall–Kier alpha value is -1.36.